The third-order valence-corrected chi connectivity index (χ3v) is 14.6. The number of aryl methyl sites for hydroxylation is 1. The second-order valence-corrected chi connectivity index (χ2v) is 18.5. The lowest BCUT2D eigenvalue weighted by Gasteiger charge is -2.33. The zero-order chi connectivity index (χ0) is 46.8. The van der Waals surface area contributed by atoms with E-state index in [1.165, 1.54) is 27.8 Å². The van der Waals surface area contributed by atoms with E-state index in [1.807, 2.05) is 12.1 Å². The van der Waals surface area contributed by atoms with Crippen LogP contribution in [0.2, 0.25) is 0 Å². The predicted octanol–water partition coefficient (Wildman–Crippen LogP) is 16.7. The average molecular weight is 914 g/mol. The molecule has 70 heavy (non-hydrogen) atoms. The van der Waals surface area contributed by atoms with Crippen molar-refractivity contribution in [3.63, 3.8) is 0 Å². The molecule has 1 aliphatic rings. The summed E-state index contributed by atoms with van der Waals surface area (Å²) in [6.07, 6.45) is 0. The van der Waals surface area contributed by atoms with Gasteiger partial charge in [-0.1, -0.05) is 231 Å². The van der Waals surface area contributed by atoms with E-state index in [9.17, 15) is 0 Å². The maximum atomic E-state index is 6.38. The maximum Gasteiger partial charge on any atom is 0.165 e. The molecule has 12 aromatic rings. The van der Waals surface area contributed by atoms with Crippen LogP contribution in [0.4, 0.5) is 0 Å². The van der Waals surface area contributed by atoms with E-state index in [2.05, 4.69) is 231 Å². The van der Waals surface area contributed by atoms with Gasteiger partial charge in [-0.05, 0) is 79.8 Å². The average Bonchev–Trinajstić information content (AvgIpc) is 3.96. The Balaban J connectivity index is 0.956. The van der Waals surface area contributed by atoms with Gasteiger partial charge in [0.25, 0.3) is 0 Å². The first-order valence-electron chi connectivity index (χ1n) is 23.7. The van der Waals surface area contributed by atoms with Crippen LogP contribution in [0, 0.1) is 6.92 Å². The molecular weight excluding hydrogens is 871 g/mol. The maximum absolute atomic E-state index is 6.38. The molecular formula is C65H43N3OS. The number of hydrogen-bond donors (Lipinski definition) is 1. The van der Waals surface area contributed by atoms with E-state index < -0.39 is 5.41 Å². The molecule has 0 aliphatic heterocycles. The third-order valence-electron chi connectivity index (χ3n) is 14.1. The Hall–Kier alpha value is -8.64. The summed E-state index contributed by atoms with van der Waals surface area (Å²) in [5.41, 5.74) is 18.7. The number of rotatable bonds is 8. The quantitative estimate of drug-likeness (QED) is 0.154. The second-order valence-electron chi connectivity index (χ2n) is 18.0. The lowest BCUT2D eigenvalue weighted by atomic mass is 9.67. The summed E-state index contributed by atoms with van der Waals surface area (Å²) in [5.74, 6) is 1.73. The molecule has 0 saturated heterocycles. The molecule has 2 aromatic heterocycles. The van der Waals surface area contributed by atoms with Gasteiger partial charge in [0, 0.05) is 37.9 Å². The standard InChI is InChI=1S/C65H43N3OS/c1-41-17-8-9-22-48(41)52-27-15-29-55(61(52)70)64-67-62(45-39-35-43(36-40-45)42-33-37-44(38-34-42)49-25-14-26-51-50-23-11-13-32-58(50)69-60(49)51)66-63(68-64)54-28-16-31-57-59(54)53-24-10-12-30-56(53)65(57,46-18-4-2-5-19-46)47-20-6-3-7-21-47/h2-40,70H,1H3. The van der Waals surface area contributed by atoms with Crippen LogP contribution in [0.1, 0.15) is 27.8 Å². The molecule has 0 atom stereocenters. The van der Waals surface area contributed by atoms with Crippen molar-refractivity contribution in [2.24, 2.45) is 0 Å². The van der Waals surface area contributed by atoms with Gasteiger partial charge in [0.1, 0.15) is 11.2 Å². The largest absolute Gasteiger partial charge is 0.455 e. The lowest BCUT2D eigenvalue weighted by molar-refractivity contribution is 0.670. The Bertz CT molecular complexity index is 3920. The molecule has 1 aliphatic carbocycles. The van der Waals surface area contributed by atoms with Crippen LogP contribution in [0.3, 0.4) is 0 Å². The molecule has 10 aromatic carbocycles. The smallest absolute Gasteiger partial charge is 0.165 e. The van der Waals surface area contributed by atoms with Crippen LogP contribution in [-0.2, 0) is 5.41 Å². The van der Waals surface area contributed by atoms with Crippen molar-refractivity contribution in [3.8, 4) is 78.7 Å². The number of hydrogen-bond acceptors (Lipinski definition) is 5. The van der Waals surface area contributed by atoms with E-state index in [4.69, 9.17) is 32.0 Å². The minimum absolute atomic E-state index is 0.556. The highest BCUT2D eigenvalue weighted by Gasteiger charge is 2.47. The van der Waals surface area contributed by atoms with Crippen LogP contribution >= 0.6 is 12.6 Å². The van der Waals surface area contributed by atoms with Gasteiger partial charge < -0.3 is 4.42 Å². The summed E-state index contributed by atoms with van der Waals surface area (Å²) < 4.78 is 6.38. The summed E-state index contributed by atoms with van der Waals surface area (Å²) in [7, 11) is 0. The Morgan fingerprint density at radius 3 is 1.57 bits per heavy atom. The first-order chi connectivity index (χ1) is 34.5. The van der Waals surface area contributed by atoms with Gasteiger partial charge in [0.05, 0.1) is 5.41 Å². The number of nitrogens with zero attached hydrogens (tertiary/aromatic N) is 3. The van der Waals surface area contributed by atoms with Gasteiger partial charge in [-0.25, -0.2) is 15.0 Å². The minimum Gasteiger partial charge on any atom is -0.455 e. The zero-order valence-corrected chi connectivity index (χ0v) is 39.1. The summed E-state index contributed by atoms with van der Waals surface area (Å²) in [5, 5.41) is 2.25. The molecule has 0 saturated carbocycles. The highest BCUT2D eigenvalue weighted by Crippen LogP contribution is 2.58. The van der Waals surface area contributed by atoms with Gasteiger partial charge in [-0.15, -0.1) is 12.6 Å². The Morgan fingerprint density at radius 2 is 0.843 bits per heavy atom. The molecule has 5 heteroatoms. The van der Waals surface area contributed by atoms with Gasteiger partial charge in [-0.3, -0.25) is 0 Å². The summed E-state index contributed by atoms with van der Waals surface area (Å²) >= 11 is 5.24. The van der Waals surface area contributed by atoms with Crippen LogP contribution < -0.4 is 0 Å². The molecule has 13 rings (SSSR count). The molecule has 0 bridgehead atoms. The number of aromatic nitrogens is 3. The monoisotopic (exact) mass is 913 g/mol. The van der Waals surface area contributed by atoms with Gasteiger partial charge in [-0.2, -0.15) is 0 Å². The number of benzene rings is 10. The van der Waals surface area contributed by atoms with E-state index in [0.29, 0.717) is 17.5 Å². The molecule has 2 heterocycles. The summed E-state index contributed by atoms with van der Waals surface area (Å²) in [4.78, 5) is 16.9. The summed E-state index contributed by atoms with van der Waals surface area (Å²) in [6.45, 7) is 2.13. The van der Waals surface area contributed by atoms with Crippen molar-refractivity contribution >= 4 is 34.6 Å². The third kappa shape index (κ3) is 6.65. The van der Waals surface area contributed by atoms with Crippen molar-refractivity contribution in [1.29, 1.82) is 0 Å². The fourth-order valence-corrected chi connectivity index (χ4v) is 11.2. The molecule has 0 unspecified atom stereocenters. The molecule has 0 spiro atoms. The first-order valence-corrected chi connectivity index (χ1v) is 24.1. The fourth-order valence-electron chi connectivity index (χ4n) is 10.9. The van der Waals surface area contributed by atoms with Crippen LogP contribution in [0.15, 0.2) is 246 Å². The van der Waals surface area contributed by atoms with Crippen LogP contribution in [-0.4, -0.2) is 15.0 Å². The number of thiol groups is 1. The van der Waals surface area contributed by atoms with Crippen molar-refractivity contribution < 1.29 is 4.42 Å². The van der Waals surface area contributed by atoms with Crippen molar-refractivity contribution in [2.75, 3.05) is 0 Å². The number of para-hydroxylation sites is 2. The zero-order valence-electron chi connectivity index (χ0n) is 38.2. The van der Waals surface area contributed by atoms with Crippen molar-refractivity contribution in [2.45, 2.75) is 17.2 Å². The van der Waals surface area contributed by atoms with Gasteiger partial charge in [0.15, 0.2) is 17.5 Å². The van der Waals surface area contributed by atoms with E-state index in [0.717, 1.165) is 88.0 Å². The molecule has 0 amide bonds. The predicted molar refractivity (Wildman–Crippen MR) is 289 cm³/mol. The van der Waals surface area contributed by atoms with Crippen LogP contribution in [0.25, 0.3) is 101 Å². The van der Waals surface area contributed by atoms with E-state index in [-0.39, 0.29) is 0 Å². The molecule has 0 fully saturated rings. The van der Waals surface area contributed by atoms with Crippen molar-refractivity contribution in [3.05, 3.63) is 264 Å². The Morgan fingerprint density at radius 1 is 0.357 bits per heavy atom. The van der Waals surface area contributed by atoms with E-state index >= 15 is 0 Å². The van der Waals surface area contributed by atoms with E-state index in [1.54, 1.807) is 0 Å². The lowest BCUT2D eigenvalue weighted by Crippen LogP contribution is -2.28. The fraction of sp³-hybridized carbons (Fsp3) is 0.0308. The SMILES string of the molecule is Cc1ccccc1-c1cccc(-c2nc(-c3ccc(-c4ccc(-c5cccc6c5oc5ccccc56)cc4)cc3)nc(-c3cccc4c3-c3ccccc3C4(c3ccccc3)c3ccccc3)n2)c1S. The Kier molecular flexibility index (Phi) is 10.00. The number of fused-ring (bicyclic) bond motifs is 6. The number of furan rings is 1. The van der Waals surface area contributed by atoms with Crippen molar-refractivity contribution in [1.82, 2.24) is 15.0 Å². The summed E-state index contributed by atoms with van der Waals surface area (Å²) in [6, 6.07) is 83.7. The Labute approximate surface area is 412 Å². The minimum atomic E-state index is -0.571. The van der Waals surface area contributed by atoms with Gasteiger partial charge >= 0.3 is 0 Å². The second kappa shape index (κ2) is 16.8. The highest BCUT2D eigenvalue weighted by molar-refractivity contribution is 7.80. The molecule has 330 valence electrons. The highest BCUT2D eigenvalue weighted by atomic mass is 32.1. The first kappa shape index (κ1) is 41.5. The molecule has 0 N–H and O–H groups in total. The van der Waals surface area contributed by atoms with Gasteiger partial charge in [0.2, 0.25) is 0 Å². The van der Waals surface area contributed by atoms with Crippen LogP contribution in [0.5, 0.6) is 0 Å². The normalized spacial score (nSPS) is 12.5. The molecule has 0 radical (unpaired) electrons. The topological polar surface area (TPSA) is 51.8 Å². The molecule has 4 nitrogen and oxygen atoms in total.